The van der Waals surface area contributed by atoms with E-state index in [1.165, 1.54) is 23.5 Å². The lowest BCUT2D eigenvalue weighted by molar-refractivity contribution is 0.0954. The summed E-state index contributed by atoms with van der Waals surface area (Å²) < 4.78 is 12.8. The van der Waals surface area contributed by atoms with E-state index in [2.05, 4.69) is 15.6 Å². The summed E-state index contributed by atoms with van der Waals surface area (Å²) in [5, 5.41) is 6.66. The van der Waals surface area contributed by atoms with Gasteiger partial charge in [0, 0.05) is 11.7 Å². The van der Waals surface area contributed by atoms with Gasteiger partial charge >= 0.3 is 0 Å². The Balaban J connectivity index is 1.74. The van der Waals surface area contributed by atoms with E-state index in [-0.39, 0.29) is 11.7 Å². The number of aryl methyl sites for hydroxylation is 1. The molecule has 0 saturated heterocycles. The van der Waals surface area contributed by atoms with Crippen molar-refractivity contribution in [1.82, 2.24) is 10.3 Å². The van der Waals surface area contributed by atoms with Crippen LogP contribution in [0.2, 0.25) is 0 Å². The molecule has 1 fully saturated rings. The lowest BCUT2D eigenvalue weighted by Crippen LogP contribution is -2.25. The molecule has 0 aliphatic heterocycles. The summed E-state index contributed by atoms with van der Waals surface area (Å²) >= 11 is 1.31. The summed E-state index contributed by atoms with van der Waals surface area (Å²) in [7, 11) is 0. The molecule has 4 nitrogen and oxygen atoms in total. The van der Waals surface area contributed by atoms with Crippen molar-refractivity contribution >= 4 is 28.1 Å². The van der Waals surface area contributed by atoms with Crippen LogP contribution in [0.5, 0.6) is 0 Å². The summed E-state index contributed by atoms with van der Waals surface area (Å²) in [6, 6.07) is 6.36. The Morgan fingerprint density at radius 2 is 2.05 bits per heavy atom. The Bertz CT molecular complexity index is 634. The lowest BCUT2D eigenvalue weighted by atomic mass is 10.3. The molecule has 20 heavy (non-hydrogen) atoms. The van der Waals surface area contributed by atoms with Gasteiger partial charge in [-0.25, -0.2) is 9.37 Å². The SMILES string of the molecule is Cc1nc(Nc2ccc(F)cc2)sc1C(=O)NC1CC1. The Hall–Kier alpha value is -1.95. The predicted octanol–water partition coefficient (Wildman–Crippen LogP) is 3.23. The first-order chi connectivity index (χ1) is 9.61. The van der Waals surface area contributed by atoms with Gasteiger partial charge in [-0.05, 0) is 44.0 Å². The second-order valence-electron chi connectivity index (χ2n) is 4.81. The molecule has 0 radical (unpaired) electrons. The van der Waals surface area contributed by atoms with Gasteiger partial charge in [-0.1, -0.05) is 11.3 Å². The minimum absolute atomic E-state index is 0.0605. The number of nitrogens with one attached hydrogen (secondary N) is 2. The zero-order valence-electron chi connectivity index (χ0n) is 10.9. The minimum atomic E-state index is -0.282. The summed E-state index contributed by atoms with van der Waals surface area (Å²) in [6.45, 7) is 1.81. The fourth-order valence-electron chi connectivity index (χ4n) is 1.80. The number of thiazole rings is 1. The highest BCUT2D eigenvalue weighted by molar-refractivity contribution is 7.17. The summed E-state index contributed by atoms with van der Waals surface area (Å²) in [5.41, 5.74) is 1.45. The van der Waals surface area contributed by atoms with Crippen molar-refractivity contribution in [3.63, 3.8) is 0 Å². The van der Waals surface area contributed by atoms with Gasteiger partial charge in [0.05, 0.1) is 5.69 Å². The molecule has 0 unspecified atom stereocenters. The molecule has 1 aromatic heterocycles. The number of aromatic nitrogens is 1. The minimum Gasteiger partial charge on any atom is -0.349 e. The van der Waals surface area contributed by atoms with Crippen LogP contribution in [-0.2, 0) is 0 Å². The topological polar surface area (TPSA) is 54.0 Å². The molecule has 2 aromatic rings. The van der Waals surface area contributed by atoms with Crippen LogP contribution >= 0.6 is 11.3 Å². The van der Waals surface area contributed by atoms with Gasteiger partial charge in [-0.2, -0.15) is 0 Å². The van der Waals surface area contributed by atoms with E-state index in [9.17, 15) is 9.18 Å². The van der Waals surface area contributed by atoms with Crippen molar-refractivity contribution in [2.45, 2.75) is 25.8 Å². The van der Waals surface area contributed by atoms with Crippen molar-refractivity contribution in [2.24, 2.45) is 0 Å². The smallest absolute Gasteiger partial charge is 0.263 e. The van der Waals surface area contributed by atoms with Crippen LogP contribution in [0, 0.1) is 12.7 Å². The van der Waals surface area contributed by atoms with E-state index in [4.69, 9.17) is 0 Å². The molecule has 1 saturated carbocycles. The Kier molecular flexibility index (Phi) is 3.40. The zero-order chi connectivity index (χ0) is 14.1. The van der Waals surface area contributed by atoms with Gasteiger partial charge in [0.15, 0.2) is 5.13 Å². The van der Waals surface area contributed by atoms with Crippen molar-refractivity contribution in [1.29, 1.82) is 0 Å². The molecule has 1 aromatic carbocycles. The van der Waals surface area contributed by atoms with E-state index in [1.54, 1.807) is 12.1 Å². The molecule has 0 bridgehead atoms. The zero-order valence-corrected chi connectivity index (χ0v) is 11.8. The van der Waals surface area contributed by atoms with E-state index in [0.29, 0.717) is 21.7 Å². The number of carbonyl (C=O) groups excluding carboxylic acids is 1. The first kappa shape index (κ1) is 13.1. The number of benzene rings is 1. The standard InChI is InChI=1S/C14H14FN3OS/c1-8-12(13(19)17-10-6-7-10)20-14(16-8)18-11-4-2-9(15)3-5-11/h2-5,10H,6-7H2,1H3,(H,16,18)(H,17,19). The molecule has 2 N–H and O–H groups in total. The molecule has 3 rings (SSSR count). The largest absolute Gasteiger partial charge is 0.349 e. The molecular weight excluding hydrogens is 277 g/mol. The second-order valence-corrected chi connectivity index (χ2v) is 5.81. The predicted molar refractivity (Wildman–Crippen MR) is 77.0 cm³/mol. The average Bonchev–Trinajstić information content (AvgIpc) is 3.14. The maximum Gasteiger partial charge on any atom is 0.263 e. The van der Waals surface area contributed by atoms with Crippen LogP contribution in [0.4, 0.5) is 15.2 Å². The number of carbonyl (C=O) groups is 1. The molecular formula is C14H14FN3OS. The summed E-state index contributed by atoms with van der Waals surface area (Å²) in [5.74, 6) is -0.343. The fraction of sp³-hybridized carbons (Fsp3) is 0.286. The highest BCUT2D eigenvalue weighted by Crippen LogP contribution is 2.27. The van der Waals surface area contributed by atoms with Crippen LogP contribution in [-0.4, -0.2) is 16.9 Å². The highest BCUT2D eigenvalue weighted by Gasteiger charge is 2.25. The highest BCUT2D eigenvalue weighted by atomic mass is 32.1. The molecule has 1 heterocycles. The fourth-order valence-corrected chi connectivity index (χ4v) is 2.69. The monoisotopic (exact) mass is 291 g/mol. The van der Waals surface area contributed by atoms with Crippen molar-refractivity contribution in [2.75, 3.05) is 5.32 Å². The first-order valence-corrected chi connectivity index (χ1v) is 7.24. The van der Waals surface area contributed by atoms with Crippen molar-refractivity contribution < 1.29 is 9.18 Å². The van der Waals surface area contributed by atoms with E-state index < -0.39 is 0 Å². The number of hydrogen-bond donors (Lipinski definition) is 2. The van der Waals surface area contributed by atoms with Crippen LogP contribution in [0.1, 0.15) is 28.2 Å². The Morgan fingerprint density at radius 1 is 1.35 bits per heavy atom. The maximum absolute atomic E-state index is 12.8. The first-order valence-electron chi connectivity index (χ1n) is 6.43. The van der Waals surface area contributed by atoms with Gasteiger partial charge in [0.1, 0.15) is 10.7 Å². The molecule has 0 spiro atoms. The van der Waals surface area contributed by atoms with Gasteiger partial charge in [-0.15, -0.1) is 0 Å². The molecule has 0 atom stereocenters. The van der Waals surface area contributed by atoms with Gasteiger partial charge in [0.25, 0.3) is 5.91 Å². The third kappa shape index (κ3) is 2.96. The molecule has 6 heteroatoms. The third-order valence-electron chi connectivity index (χ3n) is 3.01. The number of nitrogens with zero attached hydrogens (tertiary/aromatic N) is 1. The maximum atomic E-state index is 12.8. The van der Waals surface area contributed by atoms with E-state index in [1.807, 2.05) is 6.92 Å². The number of amides is 1. The van der Waals surface area contributed by atoms with Crippen LogP contribution in [0.3, 0.4) is 0 Å². The van der Waals surface area contributed by atoms with Crippen LogP contribution in [0.25, 0.3) is 0 Å². The molecule has 1 amide bonds. The normalized spacial score (nSPS) is 14.1. The van der Waals surface area contributed by atoms with Gasteiger partial charge < -0.3 is 10.6 Å². The van der Waals surface area contributed by atoms with E-state index >= 15 is 0 Å². The average molecular weight is 291 g/mol. The van der Waals surface area contributed by atoms with E-state index in [0.717, 1.165) is 18.5 Å². The lowest BCUT2D eigenvalue weighted by Gasteiger charge is -2.01. The molecule has 1 aliphatic rings. The molecule has 104 valence electrons. The van der Waals surface area contributed by atoms with Crippen LogP contribution < -0.4 is 10.6 Å². The third-order valence-corrected chi connectivity index (χ3v) is 4.08. The van der Waals surface area contributed by atoms with Crippen molar-refractivity contribution in [3.8, 4) is 0 Å². The number of anilines is 2. The Labute approximate surface area is 120 Å². The number of hydrogen-bond acceptors (Lipinski definition) is 4. The summed E-state index contributed by atoms with van der Waals surface area (Å²) in [6.07, 6.45) is 2.12. The Morgan fingerprint density at radius 3 is 2.70 bits per heavy atom. The quantitative estimate of drug-likeness (QED) is 0.909. The van der Waals surface area contributed by atoms with Gasteiger partial charge in [0.2, 0.25) is 0 Å². The second kappa shape index (κ2) is 5.20. The molecule has 1 aliphatic carbocycles. The number of rotatable bonds is 4. The summed E-state index contributed by atoms with van der Waals surface area (Å²) in [4.78, 5) is 17.0. The number of halogens is 1. The van der Waals surface area contributed by atoms with Crippen molar-refractivity contribution in [3.05, 3.63) is 40.7 Å². The van der Waals surface area contributed by atoms with Crippen LogP contribution in [0.15, 0.2) is 24.3 Å². The van der Waals surface area contributed by atoms with Gasteiger partial charge in [-0.3, -0.25) is 4.79 Å².